The number of aliphatic carboxylic acids is 1. The van der Waals surface area contributed by atoms with Gasteiger partial charge < -0.3 is 24.0 Å². The quantitative estimate of drug-likeness (QED) is 0.888. The zero-order chi connectivity index (χ0) is 17.1. The second-order valence-corrected chi connectivity index (χ2v) is 5.59. The van der Waals surface area contributed by atoms with Crippen molar-refractivity contribution < 1.29 is 23.9 Å². The molecule has 1 aliphatic rings. The minimum atomic E-state index is -0.792. The third-order valence-corrected chi connectivity index (χ3v) is 4.10. The Morgan fingerprint density at radius 3 is 2.83 bits per heavy atom. The molecule has 0 aliphatic carbocycles. The first-order valence-corrected chi connectivity index (χ1v) is 7.66. The number of piperidine rings is 1. The Balaban J connectivity index is 1.81. The smallest absolute Gasteiger partial charge is 0.324 e. The molecule has 1 saturated heterocycles. The van der Waals surface area contributed by atoms with Crippen molar-refractivity contribution in [2.75, 3.05) is 32.2 Å². The molecular weight excluding hydrogens is 314 g/mol. The Kier molecular flexibility index (Phi) is 4.54. The first-order chi connectivity index (χ1) is 11.6. The van der Waals surface area contributed by atoms with E-state index in [9.17, 15) is 9.90 Å². The number of hydrogen-bond donors (Lipinski definition) is 1. The van der Waals surface area contributed by atoms with Crippen LogP contribution in [0.1, 0.15) is 12.8 Å². The molecule has 128 valence electrons. The van der Waals surface area contributed by atoms with E-state index in [1.54, 1.807) is 26.4 Å². The van der Waals surface area contributed by atoms with Gasteiger partial charge in [0.15, 0.2) is 11.5 Å². The predicted molar refractivity (Wildman–Crippen MR) is 85.4 cm³/mol. The minimum absolute atomic E-state index is 0.339. The molecule has 24 heavy (non-hydrogen) atoms. The highest BCUT2D eigenvalue weighted by atomic mass is 16.5. The largest absolute Gasteiger partial charge is 0.493 e. The van der Waals surface area contributed by atoms with Crippen molar-refractivity contribution in [3.63, 3.8) is 0 Å². The number of carbonyl (C=O) groups is 1. The number of carboxylic acids is 1. The normalized spacial score (nSPS) is 17.6. The molecule has 8 nitrogen and oxygen atoms in total. The van der Waals surface area contributed by atoms with Gasteiger partial charge in [-0.2, -0.15) is 4.98 Å². The van der Waals surface area contributed by atoms with Gasteiger partial charge in [0.25, 0.3) is 0 Å². The van der Waals surface area contributed by atoms with Gasteiger partial charge in [-0.3, -0.25) is 4.79 Å². The average Bonchev–Trinajstić information content (AvgIpc) is 3.11. The maximum absolute atomic E-state index is 11.2. The second kappa shape index (κ2) is 6.77. The monoisotopic (exact) mass is 333 g/mol. The highest BCUT2D eigenvalue weighted by Gasteiger charge is 2.28. The van der Waals surface area contributed by atoms with Gasteiger partial charge in [-0.1, -0.05) is 5.16 Å². The molecule has 1 aromatic carbocycles. The molecule has 0 saturated carbocycles. The first-order valence-electron chi connectivity index (χ1n) is 7.66. The Hall–Kier alpha value is -2.77. The van der Waals surface area contributed by atoms with E-state index in [-0.39, 0.29) is 0 Å². The average molecular weight is 333 g/mol. The fourth-order valence-corrected chi connectivity index (χ4v) is 2.79. The molecule has 1 aromatic heterocycles. The Bertz CT molecular complexity index is 730. The Labute approximate surface area is 139 Å². The van der Waals surface area contributed by atoms with Crippen LogP contribution in [-0.2, 0) is 4.79 Å². The SMILES string of the molecule is COc1ccc(-c2noc(N3CCC[C@@H](C(=O)O)C3)n2)cc1OC. The number of hydrogen-bond acceptors (Lipinski definition) is 7. The van der Waals surface area contributed by atoms with E-state index in [2.05, 4.69) is 10.1 Å². The van der Waals surface area contributed by atoms with Crippen molar-refractivity contribution >= 4 is 12.0 Å². The molecule has 2 heterocycles. The van der Waals surface area contributed by atoms with E-state index in [0.717, 1.165) is 12.0 Å². The number of ether oxygens (including phenoxy) is 2. The van der Waals surface area contributed by atoms with E-state index < -0.39 is 11.9 Å². The topological polar surface area (TPSA) is 97.9 Å². The van der Waals surface area contributed by atoms with Crippen LogP contribution >= 0.6 is 0 Å². The fraction of sp³-hybridized carbons (Fsp3) is 0.438. The highest BCUT2D eigenvalue weighted by molar-refractivity contribution is 5.71. The zero-order valence-corrected chi connectivity index (χ0v) is 13.6. The number of carboxylic acid groups (broad SMARTS) is 1. The summed E-state index contributed by atoms with van der Waals surface area (Å²) in [7, 11) is 3.13. The van der Waals surface area contributed by atoms with E-state index in [1.807, 2.05) is 11.0 Å². The molecule has 1 atom stereocenters. The second-order valence-electron chi connectivity index (χ2n) is 5.59. The molecular formula is C16H19N3O5. The van der Waals surface area contributed by atoms with Crippen LogP contribution in [0.5, 0.6) is 11.5 Å². The van der Waals surface area contributed by atoms with Crippen molar-refractivity contribution in [2.24, 2.45) is 5.92 Å². The number of rotatable bonds is 5. The number of methoxy groups -OCH3 is 2. The lowest BCUT2D eigenvalue weighted by atomic mass is 9.99. The van der Waals surface area contributed by atoms with Crippen LogP contribution in [0.4, 0.5) is 6.01 Å². The van der Waals surface area contributed by atoms with E-state index >= 15 is 0 Å². The Morgan fingerprint density at radius 2 is 2.12 bits per heavy atom. The van der Waals surface area contributed by atoms with Crippen LogP contribution in [-0.4, -0.2) is 48.5 Å². The van der Waals surface area contributed by atoms with E-state index in [4.69, 9.17) is 14.0 Å². The highest BCUT2D eigenvalue weighted by Crippen LogP contribution is 2.32. The van der Waals surface area contributed by atoms with Gasteiger partial charge in [-0.05, 0) is 31.0 Å². The molecule has 2 aromatic rings. The first kappa shape index (κ1) is 16.1. The molecule has 1 aliphatic heterocycles. The summed E-state index contributed by atoms with van der Waals surface area (Å²) >= 11 is 0. The third kappa shape index (κ3) is 3.12. The van der Waals surface area contributed by atoms with Crippen LogP contribution in [0.25, 0.3) is 11.4 Å². The van der Waals surface area contributed by atoms with Crippen LogP contribution in [0, 0.1) is 5.92 Å². The fourth-order valence-electron chi connectivity index (χ4n) is 2.79. The van der Waals surface area contributed by atoms with Crippen molar-refractivity contribution in [2.45, 2.75) is 12.8 Å². The number of benzene rings is 1. The van der Waals surface area contributed by atoms with E-state index in [0.29, 0.717) is 42.8 Å². The van der Waals surface area contributed by atoms with Gasteiger partial charge in [-0.25, -0.2) is 0 Å². The molecule has 0 spiro atoms. The molecule has 8 heteroatoms. The number of aromatic nitrogens is 2. The molecule has 0 bridgehead atoms. The molecule has 0 unspecified atom stereocenters. The molecule has 3 rings (SSSR count). The van der Waals surface area contributed by atoms with Gasteiger partial charge in [0.1, 0.15) is 0 Å². The summed E-state index contributed by atoms with van der Waals surface area (Å²) in [6, 6.07) is 5.69. The lowest BCUT2D eigenvalue weighted by Crippen LogP contribution is -2.38. The van der Waals surface area contributed by atoms with Crippen molar-refractivity contribution in [3.05, 3.63) is 18.2 Å². The van der Waals surface area contributed by atoms with Gasteiger partial charge in [0.2, 0.25) is 5.82 Å². The van der Waals surface area contributed by atoms with Gasteiger partial charge >= 0.3 is 12.0 Å². The zero-order valence-electron chi connectivity index (χ0n) is 13.6. The summed E-state index contributed by atoms with van der Waals surface area (Å²) in [5, 5.41) is 13.2. The maximum atomic E-state index is 11.2. The van der Waals surface area contributed by atoms with Crippen LogP contribution < -0.4 is 14.4 Å². The number of anilines is 1. The summed E-state index contributed by atoms with van der Waals surface area (Å²) in [4.78, 5) is 17.4. The summed E-state index contributed by atoms with van der Waals surface area (Å²) in [5.74, 6) is 0.411. The van der Waals surface area contributed by atoms with Gasteiger partial charge in [-0.15, -0.1) is 0 Å². The minimum Gasteiger partial charge on any atom is -0.493 e. The van der Waals surface area contributed by atoms with Gasteiger partial charge in [0.05, 0.1) is 20.1 Å². The molecule has 1 fully saturated rings. The van der Waals surface area contributed by atoms with Crippen LogP contribution in [0.2, 0.25) is 0 Å². The summed E-state index contributed by atoms with van der Waals surface area (Å²) in [6.45, 7) is 1.08. The van der Waals surface area contributed by atoms with Crippen LogP contribution in [0.15, 0.2) is 22.7 Å². The molecule has 0 radical (unpaired) electrons. The summed E-state index contributed by atoms with van der Waals surface area (Å²) in [5.41, 5.74) is 0.731. The molecule has 0 amide bonds. The van der Waals surface area contributed by atoms with Crippen molar-refractivity contribution in [1.82, 2.24) is 10.1 Å². The molecule has 1 N–H and O–H groups in total. The van der Waals surface area contributed by atoms with Crippen molar-refractivity contribution in [3.8, 4) is 22.9 Å². The summed E-state index contributed by atoms with van der Waals surface area (Å²) in [6.07, 6.45) is 1.45. The summed E-state index contributed by atoms with van der Waals surface area (Å²) < 4.78 is 15.8. The lowest BCUT2D eigenvalue weighted by molar-refractivity contribution is -0.141. The lowest BCUT2D eigenvalue weighted by Gasteiger charge is -2.28. The number of nitrogens with zero attached hydrogens (tertiary/aromatic N) is 3. The maximum Gasteiger partial charge on any atom is 0.324 e. The van der Waals surface area contributed by atoms with Crippen molar-refractivity contribution in [1.29, 1.82) is 0 Å². The Morgan fingerprint density at radius 1 is 1.33 bits per heavy atom. The third-order valence-electron chi connectivity index (χ3n) is 4.10. The standard InChI is InChI=1S/C16H19N3O5/c1-22-12-6-5-10(8-13(12)23-2)14-17-16(24-18-14)19-7-3-4-11(9-19)15(20)21/h5-6,8,11H,3-4,7,9H2,1-2H3,(H,20,21)/t11-/m1/s1. The van der Waals surface area contributed by atoms with Crippen LogP contribution in [0.3, 0.4) is 0 Å². The van der Waals surface area contributed by atoms with Gasteiger partial charge in [0, 0.05) is 18.7 Å². The predicted octanol–water partition coefficient (Wildman–Crippen LogP) is 2.05. The van der Waals surface area contributed by atoms with E-state index in [1.165, 1.54) is 0 Å².